The topological polar surface area (TPSA) is 96.8 Å². The highest BCUT2D eigenvalue weighted by molar-refractivity contribution is 6.30. The third-order valence-corrected chi connectivity index (χ3v) is 6.02. The van der Waals surface area contributed by atoms with E-state index in [-0.39, 0.29) is 22.9 Å². The lowest BCUT2D eigenvalue weighted by Gasteiger charge is -2.32. The molecule has 1 atom stereocenters. The number of amides is 1. The summed E-state index contributed by atoms with van der Waals surface area (Å²) in [6.07, 6.45) is 1.50. The van der Waals surface area contributed by atoms with E-state index in [1.165, 1.54) is 18.2 Å². The van der Waals surface area contributed by atoms with Crippen LogP contribution in [0.1, 0.15) is 40.5 Å². The van der Waals surface area contributed by atoms with E-state index in [0.29, 0.717) is 41.7 Å². The van der Waals surface area contributed by atoms with E-state index in [1.807, 2.05) is 18.2 Å². The molecular formula is C23H20ClFN6O2. The number of hydrogen-bond acceptors (Lipinski definition) is 5. The predicted octanol–water partition coefficient (Wildman–Crippen LogP) is 3.38. The summed E-state index contributed by atoms with van der Waals surface area (Å²) >= 11 is 6.08. The second-order valence-electron chi connectivity index (χ2n) is 8.10. The summed E-state index contributed by atoms with van der Waals surface area (Å²) in [5.41, 5.74) is 1.37. The van der Waals surface area contributed by atoms with Crippen LogP contribution in [-0.4, -0.2) is 48.9 Å². The maximum Gasteiger partial charge on any atom is 0.281 e. The first-order valence-electron chi connectivity index (χ1n) is 10.6. The monoisotopic (exact) mass is 466 g/mol. The highest BCUT2D eigenvalue weighted by Crippen LogP contribution is 2.26. The van der Waals surface area contributed by atoms with Crippen LogP contribution in [0.15, 0.2) is 53.3 Å². The number of halogens is 2. The van der Waals surface area contributed by atoms with Crippen LogP contribution in [0.25, 0.3) is 11.2 Å². The molecule has 0 spiro atoms. The normalized spacial score (nSPS) is 16.3. The Balaban J connectivity index is 1.43. The van der Waals surface area contributed by atoms with Gasteiger partial charge in [-0.3, -0.25) is 9.59 Å². The molecule has 8 nitrogen and oxygen atoms in total. The van der Waals surface area contributed by atoms with Gasteiger partial charge in [-0.05, 0) is 48.7 Å². The van der Waals surface area contributed by atoms with Crippen LogP contribution in [0.5, 0.6) is 0 Å². The van der Waals surface area contributed by atoms with Crippen molar-refractivity contribution < 1.29 is 9.18 Å². The van der Waals surface area contributed by atoms with Gasteiger partial charge in [0.05, 0.1) is 6.54 Å². The number of aromatic nitrogens is 5. The lowest BCUT2D eigenvalue weighted by Crippen LogP contribution is -2.40. The number of piperidine rings is 1. The Bertz CT molecular complexity index is 1400. The van der Waals surface area contributed by atoms with Crippen LogP contribution in [-0.2, 0) is 6.54 Å². The Morgan fingerprint density at radius 2 is 2.06 bits per heavy atom. The molecule has 2 aromatic heterocycles. The van der Waals surface area contributed by atoms with Crippen molar-refractivity contribution in [3.63, 3.8) is 0 Å². The van der Waals surface area contributed by atoms with E-state index in [9.17, 15) is 14.0 Å². The van der Waals surface area contributed by atoms with Gasteiger partial charge in [-0.25, -0.2) is 14.1 Å². The summed E-state index contributed by atoms with van der Waals surface area (Å²) in [5, 5.41) is 8.69. The van der Waals surface area contributed by atoms with Crippen LogP contribution in [0.3, 0.4) is 0 Å². The van der Waals surface area contributed by atoms with Crippen LogP contribution in [0.2, 0.25) is 5.02 Å². The highest BCUT2D eigenvalue weighted by atomic mass is 35.5. The smallest absolute Gasteiger partial charge is 0.281 e. The minimum Gasteiger partial charge on any atom is -0.338 e. The zero-order valence-electron chi connectivity index (χ0n) is 17.5. The molecule has 1 N–H and O–H groups in total. The van der Waals surface area contributed by atoms with E-state index in [1.54, 1.807) is 21.7 Å². The maximum atomic E-state index is 13.6. The molecule has 0 unspecified atom stereocenters. The van der Waals surface area contributed by atoms with Crippen LogP contribution < -0.4 is 5.56 Å². The number of aromatic amines is 1. The van der Waals surface area contributed by atoms with E-state index >= 15 is 0 Å². The molecule has 168 valence electrons. The standard InChI is InChI=1S/C23H20ClFN6O2/c24-17-7-1-4-14(10-17)12-31-21-19(28-29-31)22(32)27-20(26-21)16-6-3-9-30(13-16)23(33)15-5-2-8-18(25)11-15/h1-2,4-5,7-8,10-11,16H,3,6,9,12-13H2,(H,26,27,32)/t16-/m1/s1. The van der Waals surface area contributed by atoms with E-state index in [0.717, 1.165) is 18.4 Å². The van der Waals surface area contributed by atoms with Crippen molar-refractivity contribution in [1.82, 2.24) is 29.9 Å². The number of nitrogens with zero attached hydrogens (tertiary/aromatic N) is 5. The Labute approximate surface area is 193 Å². The van der Waals surface area contributed by atoms with Crippen LogP contribution in [0, 0.1) is 5.82 Å². The van der Waals surface area contributed by atoms with Crippen molar-refractivity contribution in [2.24, 2.45) is 0 Å². The number of hydrogen-bond donors (Lipinski definition) is 1. The molecule has 1 aliphatic heterocycles. The lowest BCUT2D eigenvalue weighted by molar-refractivity contribution is 0.0704. The number of carbonyl (C=O) groups excluding carboxylic acids is 1. The number of likely N-dealkylation sites (tertiary alicyclic amines) is 1. The second-order valence-corrected chi connectivity index (χ2v) is 8.54. The highest BCUT2D eigenvalue weighted by Gasteiger charge is 2.28. The van der Waals surface area contributed by atoms with E-state index in [4.69, 9.17) is 11.6 Å². The fraction of sp³-hybridized carbons (Fsp3) is 0.261. The Kier molecular flexibility index (Phi) is 5.63. The van der Waals surface area contributed by atoms with Gasteiger partial charge in [0.2, 0.25) is 0 Å². The molecular weight excluding hydrogens is 447 g/mol. The summed E-state index contributed by atoms with van der Waals surface area (Å²) < 4.78 is 15.1. The average molecular weight is 467 g/mol. The van der Waals surface area contributed by atoms with Crippen molar-refractivity contribution in [2.75, 3.05) is 13.1 Å². The van der Waals surface area contributed by atoms with Gasteiger partial charge >= 0.3 is 0 Å². The van der Waals surface area contributed by atoms with Crippen molar-refractivity contribution in [3.05, 3.63) is 86.7 Å². The fourth-order valence-electron chi connectivity index (χ4n) is 4.18. The molecule has 1 fully saturated rings. The maximum absolute atomic E-state index is 13.6. The van der Waals surface area contributed by atoms with Gasteiger partial charge in [0.25, 0.3) is 11.5 Å². The molecule has 0 aliphatic carbocycles. The predicted molar refractivity (Wildman–Crippen MR) is 121 cm³/mol. The fourth-order valence-corrected chi connectivity index (χ4v) is 4.39. The summed E-state index contributed by atoms with van der Waals surface area (Å²) in [5.74, 6) is -0.372. The number of fused-ring (bicyclic) bond motifs is 1. The number of carbonyl (C=O) groups is 1. The zero-order valence-corrected chi connectivity index (χ0v) is 18.3. The molecule has 1 amide bonds. The molecule has 4 aromatic rings. The molecule has 0 saturated carbocycles. The van der Waals surface area contributed by atoms with Gasteiger partial charge in [-0.1, -0.05) is 35.0 Å². The number of rotatable bonds is 4. The molecule has 3 heterocycles. The van der Waals surface area contributed by atoms with Crippen molar-refractivity contribution in [3.8, 4) is 0 Å². The second kappa shape index (κ2) is 8.74. The van der Waals surface area contributed by atoms with E-state index in [2.05, 4.69) is 20.3 Å². The summed E-state index contributed by atoms with van der Waals surface area (Å²) in [6, 6.07) is 13.0. The number of benzene rings is 2. The van der Waals surface area contributed by atoms with Gasteiger partial charge in [-0.15, -0.1) is 5.10 Å². The molecule has 1 aliphatic rings. The largest absolute Gasteiger partial charge is 0.338 e. The van der Waals surface area contributed by atoms with Gasteiger partial charge in [-0.2, -0.15) is 0 Å². The third kappa shape index (κ3) is 4.36. The minimum absolute atomic E-state index is 0.157. The molecule has 1 saturated heterocycles. The molecule has 2 aromatic carbocycles. The van der Waals surface area contributed by atoms with E-state index < -0.39 is 5.82 Å². The van der Waals surface area contributed by atoms with Crippen LogP contribution >= 0.6 is 11.6 Å². The van der Waals surface area contributed by atoms with Crippen molar-refractivity contribution in [1.29, 1.82) is 0 Å². The van der Waals surface area contributed by atoms with Crippen molar-refractivity contribution in [2.45, 2.75) is 25.3 Å². The zero-order chi connectivity index (χ0) is 22.9. The molecule has 5 rings (SSSR count). The Morgan fingerprint density at radius 3 is 2.88 bits per heavy atom. The third-order valence-electron chi connectivity index (χ3n) is 5.78. The van der Waals surface area contributed by atoms with Gasteiger partial charge < -0.3 is 9.88 Å². The number of nitrogens with one attached hydrogen (secondary N) is 1. The lowest BCUT2D eigenvalue weighted by atomic mass is 9.96. The molecule has 10 heteroatoms. The summed E-state index contributed by atoms with van der Waals surface area (Å²) in [4.78, 5) is 34.7. The molecule has 33 heavy (non-hydrogen) atoms. The molecule has 0 radical (unpaired) electrons. The quantitative estimate of drug-likeness (QED) is 0.497. The summed E-state index contributed by atoms with van der Waals surface area (Å²) in [6.45, 7) is 1.30. The SMILES string of the molecule is O=C(c1cccc(F)c1)N1CCC[C@@H](c2nc3c(nnn3Cc3cccc(Cl)c3)c(=O)[nH]2)C1. The van der Waals surface area contributed by atoms with Gasteiger partial charge in [0, 0.05) is 29.6 Å². The minimum atomic E-state index is -0.452. The average Bonchev–Trinajstić information content (AvgIpc) is 3.22. The van der Waals surface area contributed by atoms with Crippen molar-refractivity contribution >= 4 is 28.7 Å². The Hall–Kier alpha value is -3.59. The number of H-pyrrole nitrogens is 1. The first-order chi connectivity index (χ1) is 16.0. The van der Waals surface area contributed by atoms with Gasteiger partial charge in [0.15, 0.2) is 11.2 Å². The first-order valence-corrected chi connectivity index (χ1v) is 11.0. The summed E-state index contributed by atoms with van der Waals surface area (Å²) in [7, 11) is 0. The van der Waals surface area contributed by atoms with Crippen LogP contribution in [0.4, 0.5) is 4.39 Å². The molecule has 0 bridgehead atoms. The van der Waals surface area contributed by atoms with Gasteiger partial charge in [0.1, 0.15) is 11.6 Å². The Morgan fingerprint density at radius 1 is 1.21 bits per heavy atom. The first kappa shape index (κ1) is 21.3.